The molecule has 5 atom stereocenters. The van der Waals surface area contributed by atoms with Gasteiger partial charge >= 0.3 is 0 Å². The molecule has 1 heterocycles. The van der Waals surface area contributed by atoms with Crippen LogP contribution in [-0.2, 0) is 0 Å². The van der Waals surface area contributed by atoms with E-state index in [9.17, 15) is 5.11 Å². The molecule has 0 radical (unpaired) electrons. The summed E-state index contributed by atoms with van der Waals surface area (Å²) in [6, 6.07) is 1.05. The van der Waals surface area contributed by atoms with Gasteiger partial charge in [-0.3, -0.25) is 4.90 Å². The predicted octanol–water partition coefficient (Wildman–Crippen LogP) is 1.81. The van der Waals surface area contributed by atoms with Gasteiger partial charge in [0.25, 0.3) is 0 Å². The molecular formula is C15H30N2O. The zero-order chi connectivity index (χ0) is 13.3. The van der Waals surface area contributed by atoms with Crippen LogP contribution in [0.25, 0.3) is 0 Å². The van der Waals surface area contributed by atoms with Crippen LogP contribution < -0.4 is 0 Å². The molecule has 1 saturated heterocycles. The lowest BCUT2D eigenvalue weighted by Crippen LogP contribution is -2.52. The Kier molecular flexibility index (Phi) is 4.68. The number of aliphatic hydroxyl groups is 1. The van der Waals surface area contributed by atoms with E-state index in [2.05, 4.69) is 37.7 Å². The molecule has 106 valence electrons. The summed E-state index contributed by atoms with van der Waals surface area (Å²) < 4.78 is 0. The van der Waals surface area contributed by atoms with Crippen molar-refractivity contribution in [3.63, 3.8) is 0 Å². The monoisotopic (exact) mass is 254 g/mol. The minimum absolute atomic E-state index is 0.138. The molecule has 2 rings (SSSR count). The van der Waals surface area contributed by atoms with Crippen LogP contribution in [0, 0.1) is 11.8 Å². The van der Waals surface area contributed by atoms with Gasteiger partial charge in [-0.2, -0.15) is 0 Å². The Morgan fingerprint density at radius 3 is 2.56 bits per heavy atom. The minimum atomic E-state index is -0.138. The van der Waals surface area contributed by atoms with E-state index in [1.807, 2.05) is 0 Å². The standard InChI is InChI=1S/C15H30N2O/c1-11-8-12(2)15(14(18)9-11)17(4)10-13-6-5-7-16(13)3/h11-15,18H,5-10H2,1-4H3. The van der Waals surface area contributed by atoms with Gasteiger partial charge in [0.1, 0.15) is 0 Å². The van der Waals surface area contributed by atoms with E-state index in [0.29, 0.717) is 23.9 Å². The molecule has 1 aliphatic carbocycles. The minimum Gasteiger partial charge on any atom is -0.391 e. The second kappa shape index (κ2) is 5.89. The van der Waals surface area contributed by atoms with Crippen LogP contribution >= 0.6 is 0 Å². The normalized spacial score (nSPS) is 42.7. The van der Waals surface area contributed by atoms with Crippen LogP contribution in [0.2, 0.25) is 0 Å². The summed E-state index contributed by atoms with van der Waals surface area (Å²) in [6.45, 7) is 6.91. The van der Waals surface area contributed by atoms with Crippen LogP contribution in [0.3, 0.4) is 0 Å². The summed E-state index contributed by atoms with van der Waals surface area (Å²) in [4.78, 5) is 4.90. The highest BCUT2D eigenvalue weighted by molar-refractivity contribution is 4.91. The van der Waals surface area contributed by atoms with E-state index in [1.165, 1.54) is 25.8 Å². The fourth-order valence-electron chi connectivity index (χ4n) is 4.19. The van der Waals surface area contributed by atoms with E-state index in [0.717, 1.165) is 13.0 Å². The topological polar surface area (TPSA) is 26.7 Å². The van der Waals surface area contributed by atoms with E-state index >= 15 is 0 Å². The van der Waals surface area contributed by atoms with Gasteiger partial charge in [-0.25, -0.2) is 0 Å². The highest BCUT2D eigenvalue weighted by Crippen LogP contribution is 2.32. The zero-order valence-electron chi connectivity index (χ0n) is 12.5. The first-order chi connectivity index (χ1) is 8.49. The average molecular weight is 254 g/mol. The van der Waals surface area contributed by atoms with Gasteiger partial charge in [-0.05, 0) is 58.2 Å². The number of hydrogen-bond acceptors (Lipinski definition) is 3. The molecule has 1 saturated carbocycles. The van der Waals surface area contributed by atoms with Crippen LogP contribution in [0.1, 0.15) is 39.5 Å². The predicted molar refractivity (Wildman–Crippen MR) is 75.6 cm³/mol. The second-order valence-electron chi connectivity index (χ2n) is 6.83. The Morgan fingerprint density at radius 1 is 1.28 bits per heavy atom. The average Bonchev–Trinajstić information content (AvgIpc) is 2.62. The lowest BCUT2D eigenvalue weighted by molar-refractivity contribution is -0.0199. The van der Waals surface area contributed by atoms with Crippen molar-refractivity contribution in [1.29, 1.82) is 0 Å². The Bertz CT molecular complexity index is 259. The van der Waals surface area contributed by atoms with Crippen molar-refractivity contribution in [3.8, 4) is 0 Å². The molecule has 1 aliphatic heterocycles. The third-order valence-electron chi connectivity index (χ3n) is 5.07. The Labute approximate surface area is 112 Å². The van der Waals surface area contributed by atoms with Gasteiger partial charge in [0.15, 0.2) is 0 Å². The van der Waals surface area contributed by atoms with Crippen molar-refractivity contribution >= 4 is 0 Å². The van der Waals surface area contributed by atoms with Gasteiger partial charge in [0.05, 0.1) is 6.10 Å². The summed E-state index contributed by atoms with van der Waals surface area (Å²) >= 11 is 0. The number of rotatable bonds is 3. The largest absolute Gasteiger partial charge is 0.391 e. The fourth-order valence-corrected chi connectivity index (χ4v) is 4.19. The van der Waals surface area contributed by atoms with E-state index in [1.54, 1.807) is 0 Å². The van der Waals surface area contributed by atoms with Crippen LogP contribution in [0.4, 0.5) is 0 Å². The third-order valence-corrected chi connectivity index (χ3v) is 5.07. The molecule has 0 amide bonds. The lowest BCUT2D eigenvalue weighted by Gasteiger charge is -2.43. The van der Waals surface area contributed by atoms with Gasteiger partial charge in [0.2, 0.25) is 0 Å². The molecule has 0 aromatic heterocycles. The maximum atomic E-state index is 10.4. The van der Waals surface area contributed by atoms with Crippen molar-refractivity contribution in [2.45, 2.75) is 57.7 Å². The second-order valence-corrected chi connectivity index (χ2v) is 6.83. The van der Waals surface area contributed by atoms with Crippen LogP contribution in [0.15, 0.2) is 0 Å². The molecule has 1 N–H and O–H groups in total. The Hall–Kier alpha value is -0.120. The maximum Gasteiger partial charge on any atom is 0.0700 e. The number of nitrogens with zero attached hydrogens (tertiary/aromatic N) is 2. The first kappa shape index (κ1) is 14.3. The Balaban J connectivity index is 1.92. The summed E-state index contributed by atoms with van der Waals surface area (Å²) in [7, 11) is 4.43. The Morgan fingerprint density at radius 2 is 2.00 bits per heavy atom. The summed E-state index contributed by atoms with van der Waals surface area (Å²) in [6.07, 6.45) is 4.73. The molecule has 0 spiro atoms. The lowest BCUT2D eigenvalue weighted by atomic mass is 9.77. The van der Waals surface area contributed by atoms with Crippen molar-refractivity contribution in [2.75, 3.05) is 27.2 Å². The number of hydrogen-bond donors (Lipinski definition) is 1. The molecule has 3 heteroatoms. The molecule has 0 aromatic carbocycles. The highest BCUT2D eigenvalue weighted by atomic mass is 16.3. The number of likely N-dealkylation sites (N-methyl/N-ethyl adjacent to an activating group) is 2. The van der Waals surface area contributed by atoms with Crippen molar-refractivity contribution in [3.05, 3.63) is 0 Å². The smallest absolute Gasteiger partial charge is 0.0700 e. The van der Waals surface area contributed by atoms with Gasteiger partial charge in [0, 0.05) is 18.6 Å². The molecule has 3 nitrogen and oxygen atoms in total. The summed E-state index contributed by atoms with van der Waals surface area (Å²) in [5, 5.41) is 10.4. The molecule has 0 bridgehead atoms. The van der Waals surface area contributed by atoms with Crippen molar-refractivity contribution in [1.82, 2.24) is 9.80 Å². The summed E-state index contributed by atoms with van der Waals surface area (Å²) in [5.74, 6) is 1.29. The highest BCUT2D eigenvalue weighted by Gasteiger charge is 2.36. The van der Waals surface area contributed by atoms with Crippen molar-refractivity contribution < 1.29 is 5.11 Å². The van der Waals surface area contributed by atoms with E-state index in [-0.39, 0.29) is 6.10 Å². The van der Waals surface area contributed by atoms with Crippen LogP contribution in [-0.4, -0.2) is 60.3 Å². The molecule has 2 fully saturated rings. The van der Waals surface area contributed by atoms with Crippen LogP contribution in [0.5, 0.6) is 0 Å². The van der Waals surface area contributed by atoms with Gasteiger partial charge in [-0.1, -0.05) is 13.8 Å². The third kappa shape index (κ3) is 3.06. The zero-order valence-corrected chi connectivity index (χ0v) is 12.5. The molecule has 2 aliphatic rings. The van der Waals surface area contributed by atoms with E-state index < -0.39 is 0 Å². The van der Waals surface area contributed by atoms with E-state index in [4.69, 9.17) is 0 Å². The van der Waals surface area contributed by atoms with Gasteiger partial charge < -0.3 is 10.0 Å². The summed E-state index contributed by atoms with van der Waals surface area (Å²) in [5.41, 5.74) is 0. The first-order valence-corrected chi connectivity index (χ1v) is 7.57. The maximum absolute atomic E-state index is 10.4. The number of likely N-dealkylation sites (tertiary alicyclic amines) is 1. The fraction of sp³-hybridized carbons (Fsp3) is 1.00. The van der Waals surface area contributed by atoms with Gasteiger partial charge in [-0.15, -0.1) is 0 Å². The first-order valence-electron chi connectivity index (χ1n) is 7.57. The quantitative estimate of drug-likeness (QED) is 0.832. The molecule has 18 heavy (non-hydrogen) atoms. The SMILES string of the molecule is CC1CC(C)C(N(C)CC2CCCN2C)C(O)C1. The molecular weight excluding hydrogens is 224 g/mol. The van der Waals surface area contributed by atoms with Crippen molar-refractivity contribution in [2.24, 2.45) is 11.8 Å². The number of aliphatic hydroxyl groups excluding tert-OH is 1. The molecule has 0 aromatic rings. The molecule has 5 unspecified atom stereocenters.